The van der Waals surface area contributed by atoms with Crippen LogP contribution in [0, 0.1) is 5.92 Å². The van der Waals surface area contributed by atoms with Crippen LogP contribution in [-0.4, -0.2) is 30.2 Å². The number of sulfone groups is 1. The Balaban J connectivity index is 1.82. The topological polar surface area (TPSA) is 93.5 Å². The molecular weight excluding hydrogens is 318 g/mol. The van der Waals surface area contributed by atoms with Crippen LogP contribution in [0.1, 0.15) is 22.8 Å². The van der Waals surface area contributed by atoms with Crippen LogP contribution < -0.4 is 5.56 Å². The molecule has 1 aromatic heterocycles. The second kappa shape index (κ2) is 4.58. The van der Waals surface area contributed by atoms with Gasteiger partial charge in [-0.1, -0.05) is 17.3 Å². The van der Waals surface area contributed by atoms with Gasteiger partial charge in [0.15, 0.2) is 15.9 Å². The van der Waals surface area contributed by atoms with E-state index in [-0.39, 0.29) is 16.4 Å². The summed E-state index contributed by atoms with van der Waals surface area (Å²) in [6.45, 7) is 0. The van der Waals surface area contributed by atoms with Crippen molar-refractivity contribution >= 4 is 15.5 Å². The van der Waals surface area contributed by atoms with Crippen molar-refractivity contribution in [3.63, 3.8) is 0 Å². The van der Waals surface area contributed by atoms with E-state index < -0.39 is 15.9 Å². The number of aryl methyl sites for hydroxylation is 1. The molecule has 2 aliphatic rings. The molecule has 4 rings (SSSR count). The van der Waals surface area contributed by atoms with Crippen molar-refractivity contribution in [2.75, 3.05) is 6.26 Å². The molecule has 8 heteroatoms. The van der Waals surface area contributed by atoms with Crippen molar-refractivity contribution in [3.05, 3.63) is 51.4 Å². The van der Waals surface area contributed by atoms with E-state index in [1.807, 2.05) is 6.07 Å². The van der Waals surface area contributed by atoms with E-state index in [1.54, 1.807) is 25.4 Å². The van der Waals surface area contributed by atoms with Crippen molar-refractivity contribution < 1.29 is 13.3 Å². The summed E-state index contributed by atoms with van der Waals surface area (Å²) in [7, 11) is -1.73. The molecular formula is C15H15N3O4S. The molecule has 1 aromatic carbocycles. The Hall–Kier alpha value is -2.35. The highest BCUT2D eigenvalue weighted by molar-refractivity contribution is 7.90. The van der Waals surface area contributed by atoms with E-state index in [9.17, 15) is 13.2 Å². The zero-order chi connectivity index (χ0) is 16.4. The van der Waals surface area contributed by atoms with Gasteiger partial charge in [0.25, 0.3) is 5.56 Å². The maximum absolute atomic E-state index is 12.1. The smallest absolute Gasteiger partial charge is 0.273 e. The van der Waals surface area contributed by atoms with Crippen molar-refractivity contribution in [2.24, 2.45) is 18.1 Å². The molecule has 1 aliphatic heterocycles. The fraction of sp³-hybridized carbons (Fsp3) is 0.333. The summed E-state index contributed by atoms with van der Waals surface area (Å²) in [6.07, 6.45) is 2.92. The van der Waals surface area contributed by atoms with Gasteiger partial charge in [0.2, 0.25) is 0 Å². The number of fused-ring (bicyclic) bond motifs is 3. The standard InChI is InChI=1S/C15H15N3O4S/c1-18-15(19)10(7-16-18)14-9-6-8-4-3-5-11(23(2,20)21)12(8)13(9)17-22-14/h3-5,7,9,14,16H,6H2,1-2H3. The predicted molar refractivity (Wildman–Crippen MR) is 83.1 cm³/mol. The molecule has 0 bridgehead atoms. The van der Waals surface area contributed by atoms with Crippen LogP contribution in [0.4, 0.5) is 0 Å². The van der Waals surface area contributed by atoms with Crippen molar-refractivity contribution in [1.82, 2.24) is 9.78 Å². The minimum atomic E-state index is -3.36. The van der Waals surface area contributed by atoms with E-state index in [2.05, 4.69) is 10.3 Å². The van der Waals surface area contributed by atoms with Gasteiger partial charge in [-0.25, -0.2) is 8.42 Å². The molecule has 0 amide bonds. The minimum Gasteiger partial charge on any atom is -0.386 e. The van der Waals surface area contributed by atoms with Crippen LogP contribution in [0.2, 0.25) is 0 Å². The molecule has 2 unspecified atom stereocenters. The maximum atomic E-state index is 12.1. The second-order valence-electron chi connectivity index (χ2n) is 5.97. The highest BCUT2D eigenvalue weighted by Gasteiger charge is 2.44. The zero-order valence-corrected chi connectivity index (χ0v) is 13.4. The molecule has 120 valence electrons. The van der Waals surface area contributed by atoms with Gasteiger partial charge in [0.05, 0.1) is 22.1 Å². The van der Waals surface area contributed by atoms with Gasteiger partial charge < -0.3 is 9.94 Å². The second-order valence-corrected chi connectivity index (χ2v) is 7.95. The Morgan fingerprint density at radius 2 is 2.17 bits per heavy atom. The average molecular weight is 333 g/mol. The number of hydrogen-bond acceptors (Lipinski definition) is 5. The van der Waals surface area contributed by atoms with E-state index in [0.717, 1.165) is 5.56 Å². The molecule has 0 saturated heterocycles. The van der Waals surface area contributed by atoms with Crippen LogP contribution in [0.15, 0.2) is 39.2 Å². The fourth-order valence-electron chi connectivity index (χ4n) is 3.37. The highest BCUT2D eigenvalue weighted by Crippen LogP contribution is 2.43. The quantitative estimate of drug-likeness (QED) is 0.878. The summed E-state index contributed by atoms with van der Waals surface area (Å²) < 4.78 is 25.4. The van der Waals surface area contributed by atoms with Gasteiger partial charge in [0, 0.05) is 25.1 Å². The average Bonchev–Trinajstić information content (AvgIpc) is 3.13. The first kappa shape index (κ1) is 14.3. The lowest BCUT2D eigenvalue weighted by Gasteiger charge is -2.11. The van der Waals surface area contributed by atoms with Crippen LogP contribution in [-0.2, 0) is 28.1 Å². The lowest BCUT2D eigenvalue weighted by molar-refractivity contribution is 0.0606. The number of oxime groups is 1. The molecule has 23 heavy (non-hydrogen) atoms. The van der Waals surface area contributed by atoms with Gasteiger partial charge in [-0.05, 0) is 18.1 Å². The lowest BCUT2D eigenvalue weighted by Crippen LogP contribution is -2.22. The highest BCUT2D eigenvalue weighted by atomic mass is 32.2. The van der Waals surface area contributed by atoms with E-state index in [0.29, 0.717) is 23.3 Å². The zero-order valence-electron chi connectivity index (χ0n) is 12.6. The number of hydrogen-bond donors (Lipinski definition) is 1. The Morgan fingerprint density at radius 1 is 1.39 bits per heavy atom. The van der Waals surface area contributed by atoms with Crippen molar-refractivity contribution in [1.29, 1.82) is 0 Å². The summed E-state index contributed by atoms with van der Waals surface area (Å²) >= 11 is 0. The van der Waals surface area contributed by atoms with Crippen LogP contribution in [0.5, 0.6) is 0 Å². The third kappa shape index (κ3) is 1.98. The van der Waals surface area contributed by atoms with Gasteiger partial charge in [-0.3, -0.25) is 9.48 Å². The molecule has 0 saturated carbocycles. The first-order valence-electron chi connectivity index (χ1n) is 7.18. The number of aromatic nitrogens is 2. The molecule has 2 aromatic rings. The number of benzene rings is 1. The summed E-state index contributed by atoms with van der Waals surface area (Å²) in [5.41, 5.74) is 2.53. The molecule has 1 aliphatic carbocycles. The molecule has 7 nitrogen and oxygen atoms in total. The summed E-state index contributed by atoms with van der Waals surface area (Å²) in [4.78, 5) is 17.9. The van der Waals surface area contributed by atoms with Crippen LogP contribution in [0.25, 0.3) is 0 Å². The van der Waals surface area contributed by atoms with Gasteiger partial charge in [-0.15, -0.1) is 0 Å². The predicted octanol–water partition coefficient (Wildman–Crippen LogP) is 0.765. The third-order valence-corrected chi connectivity index (χ3v) is 5.60. The normalized spacial score (nSPS) is 22.4. The summed E-state index contributed by atoms with van der Waals surface area (Å²) in [6, 6.07) is 5.22. The molecule has 0 fully saturated rings. The number of nitrogens with one attached hydrogen (secondary N) is 1. The fourth-order valence-corrected chi connectivity index (χ4v) is 4.31. The number of rotatable bonds is 2. The Labute approximate surface area is 132 Å². The lowest BCUT2D eigenvalue weighted by atomic mass is 9.94. The largest absolute Gasteiger partial charge is 0.386 e. The Kier molecular flexibility index (Phi) is 2.84. The molecule has 1 N–H and O–H groups in total. The van der Waals surface area contributed by atoms with Crippen LogP contribution >= 0.6 is 0 Å². The molecule has 0 spiro atoms. The van der Waals surface area contributed by atoms with Crippen LogP contribution in [0.3, 0.4) is 0 Å². The van der Waals surface area contributed by atoms with E-state index in [4.69, 9.17) is 4.84 Å². The Morgan fingerprint density at radius 3 is 2.83 bits per heavy atom. The molecule has 2 heterocycles. The molecule has 2 atom stereocenters. The minimum absolute atomic E-state index is 0.142. The van der Waals surface area contributed by atoms with Gasteiger partial charge in [0.1, 0.15) is 0 Å². The van der Waals surface area contributed by atoms with Gasteiger partial charge >= 0.3 is 0 Å². The van der Waals surface area contributed by atoms with Crippen molar-refractivity contribution in [2.45, 2.75) is 17.4 Å². The number of H-pyrrole nitrogens is 1. The monoisotopic (exact) mass is 333 g/mol. The van der Waals surface area contributed by atoms with E-state index in [1.165, 1.54) is 10.9 Å². The summed E-state index contributed by atoms with van der Waals surface area (Å²) in [5.74, 6) is -0.142. The molecule has 0 radical (unpaired) electrons. The Bertz CT molecular complexity index is 1000. The number of nitrogens with zero attached hydrogens (tertiary/aromatic N) is 2. The first-order chi connectivity index (χ1) is 10.9. The maximum Gasteiger partial charge on any atom is 0.273 e. The van der Waals surface area contributed by atoms with Crippen molar-refractivity contribution in [3.8, 4) is 0 Å². The third-order valence-electron chi connectivity index (χ3n) is 4.46. The first-order valence-corrected chi connectivity index (χ1v) is 9.07. The van der Waals surface area contributed by atoms with E-state index >= 15 is 0 Å². The SMILES string of the molecule is Cn1[nH]cc(C2ON=C3c4c(cccc4S(C)(=O)=O)CC32)c1=O. The van der Waals surface area contributed by atoms with Gasteiger partial charge in [-0.2, -0.15) is 0 Å². The summed E-state index contributed by atoms with van der Waals surface area (Å²) in [5, 5.41) is 6.94. The number of aromatic amines is 1.